The number of hydrogen-bond donors (Lipinski definition) is 0. The average molecular weight is 345 g/mol. The van der Waals surface area contributed by atoms with E-state index >= 15 is 0 Å². The van der Waals surface area contributed by atoms with Gasteiger partial charge in [0.15, 0.2) is 0 Å². The Balaban J connectivity index is 2.75. The van der Waals surface area contributed by atoms with Crippen molar-refractivity contribution in [1.29, 1.82) is 0 Å². The van der Waals surface area contributed by atoms with Gasteiger partial charge in [0, 0.05) is 17.7 Å². The molecule has 0 spiro atoms. The normalized spacial score (nSPS) is 10.3. The Morgan fingerprint density at radius 1 is 0.773 bits per heavy atom. The van der Waals surface area contributed by atoms with Crippen LogP contribution in [0.4, 0.5) is 0 Å². The van der Waals surface area contributed by atoms with Crippen LogP contribution in [0.15, 0.2) is 12.1 Å². The SMILES string of the molecule is COc1cc(-c2c(Cl)cc(OC)nc2OC)c(Cl)c(OC)n1. The molecule has 0 saturated heterocycles. The quantitative estimate of drug-likeness (QED) is 0.827. The summed E-state index contributed by atoms with van der Waals surface area (Å²) in [6, 6.07) is 3.19. The van der Waals surface area contributed by atoms with Crippen LogP contribution in [-0.4, -0.2) is 38.4 Å². The van der Waals surface area contributed by atoms with Crippen LogP contribution >= 0.6 is 23.2 Å². The summed E-state index contributed by atoms with van der Waals surface area (Å²) in [6.07, 6.45) is 0. The van der Waals surface area contributed by atoms with Gasteiger partial charge in [-0.15, -0.1) is 0 Å². The van der Waals surface area contributed by atoms with Gasteiger partial charge in [0.25, 0.3) is 0 Å². The molecule has 0 fully saturated rings. The van der Waals surface area contributed by atoms with Crippen LogP contribution in [0.5, 0.6) is 23.5 Å². The summed E-state index contributed by atoms with van der Waals surface area (Å²) in [6.45, 7) is 0. The summed E-state index contributed by atoms with van der Waals surface area (Å²) in [4.78, 5) is 8.32. The van der Waals surface area contributed by atoms with Crippen molar-refractivity contribution in [1.82, 2.24) is 9.97 Å². The van der Waals surface area contributed by atoms with Crippen molar-refractivity contribution in [3.63, 3.8) is 0 Å². The third kappa shape index (κ3) is 2.98. The Labute approximate surface area is 137 Å². The maximum absolute atomic E-state index is 6.33. The molecule has 8 heteroatoms. The van der Waals surface area contributed by atoms with Gasteiger partial charge < -0.3 is 18.9 Å². The number of aromatic nitrogens is 2. The van der Waals surface area contributed by atoms with Crippen LogP contribution < -0.4 is 18.9 Å². The van der Waals surface area contributed by atoms with Crippen LogP contribution in [0.25, 0.3) is 11.1 Å². The lowest BCUT2D eigenvalue weighted by atomic mass is 10.1. The first-order valence-corrected chi connectivity index (χ1v) is 6.88. The Kier molecular flexibility index (Phi) is 5.15. The number of nitrogens with zero attached hydrogens (tertiary/aromatic N) is 2. The number of methoxy groups -OCH3 is 4. The van der Waals surface area contributed by atoms with Gasteiger partial charge in [0.2, 0.25) is 23.5 Å². The topological polar surface area (TPSA) is 62.7 Å². The van der Waals surface area contributed by atoms with Gasteiger partial charge in [0.05, 0.1) is 39.0 Å². The van der Waals surface area contributed by atoms with Crippen LogP contribution in [0.3, 0.4) is 0 Å². The van der Waals surface area contributed by atoms with Gasteiger partial charge >= 0.3 is 0 Å². The monoisotopic (exact) mass is 344 g/mol. The maximum atomic E-state index is 6.33. The van der Waals surface area contributed by atoms with Crippen molar-refractivity contribution in [2.75, 3.05) is 28.4 Å². The molecule has 0 amide bonds. The van der Waals surface area contributed by atoms with Gasteiger partial charge in [-0.05, 0) is 0 Å². The van der Waals surface area contributed by atoms with Gasteiger partial charge in [0.1, 0.15) is 5.02 Å². The number of hydrogen-bond acceptors (Lipinski definition) is 6. The van der Waals surface area contributed by atoms with Gasteiger partial charge in [-0.25, -0.2) is 0 Å². The van der Waals surface area contributed by atoms with Crippen LogP contribution in [0.1, 0.15) is 0 Å². The van der Waals surface area contributed by atoms with Gasteiger partial charge in [-0.2, -0.15) is 9.97 Å². The highest BCUT2D eigenvalue weighted by atomic mass is 35.5. The minimum atomic E-state index is 0.213. The van der Waals surface area contributed by atoms with E-state index in [2.05, 4.69) is 9.97 Å². The van der Waals surface area contributed by atoms with Gasteiger partial charge in [-0.1, -0.05) is 23.2 Å². The molecule has 0 aliphatic heterocycles. The molecule has 6 nitrogen and oxygen atoms in total. The smallest absolute Gasteiger partial charge is 0.236 e. The van der Waals surface area contributed by atoms with E-state index in [-0.39, 0.29) is 16.8 Å². The zero-order valence-corrected chi connectivity index (χ0v) is 13.9. The molecule has 0 N–H and O–H groups in total. The third-order valence-corrected chi connectivity index (χ3v) is 3.56. The summed E-state index contributed by atoms with van der Waals surface area (Å²) < 4.78 is 20.7. The highest BCUT2D eigenvalue weighted by Gasteiger charge is 2.21. The number of pyridine rings is 2. The number of halogens is 2. The third-order valence-electron chi connectivity index (χ3n) is 2.89. The van der Waals surface area contributed by atoms with Crippen molar-refractivity contribution >= 4 is 23.2 Å². The second-order valence-electron chi connectivity index (χ2n) is 4.07. The highest BCUT2D eigenvalue weighted by molar-refractivity contribution is 6.37. The first-order valence-electron chi connectivity index (χ1n) is 6.13. The molecule has 0 aromatic carbocycles. The van der Waals surface area contributed by atoms with E-state index in [1.165, 1.54) is 28.4 Å². The summed E-state index contributed by atoms with van der Waals surface area (Å²) in [5.74, 6) is 1.13. The van der Waals surface area contributed by atoms with E-state index in [1.54, 1.807) is 12.1 Å². The molecule has 0 radical (unpaired) electrons. The molecular formula is C14H14Cl2N2O4. The second-order valence-corrected chi connectivity index (χ2v) is 4.85. The van der Waals surface area contributed by atoms with Crippen LogP contribution in [0, 0.1) is 0 Å². The molecular weight excluding hydrogens is 331 g/mol. The molecule has 2 aromatic heterocycles. The lowest BCUT2D eigenvalue weighted by Gasteiger charge is -2.15. The largest absolute Gasteiger partial charge is 0.481 e. The minimum absolute atomic E-state index is 0.213. The number of ether oxygens (including phenoxy) is 4. The summed E-state index contributed by atoms with van der Waals surface area (Å²) >= 11 is 12.7. The van der Waals surface area contributed by atoms with Crippen LogP contribution in [0.2, 0.25) is 10.0 Å². The van der Waals surface area contributed by atoms with Crippen molar-refractivity contribution < 1.29 is 18.9 Å². The molecule has 0 aliphatic rings. The van der Waals surface area contributed by atoms with Crippen molar-refractivity contribution in [3.8, 4) is 34.6 Å². The molecule has 22 heavy (non-hydrogen) atoms. The molecule has 0 bridgehead atoms. The second kappa shape index (κ2) is 6.89. The first-order chi connectivity index (χ1) is 10.5. The lowest BCUT2D eigenvalue weighted by Crippen LogP contribution is -1.99. The molecule has 2 rings (SSSR count). The van der Waals surface area contributed by atoms with E-state index in [0.29, 0.717) is 27.9 Å². The lowest BCUT2D eigenvalue weighted by molar-refractivity contribution is 0.363. The maximum Gasteiger partial charge on any atom is 0.236 e. The molecule has 0 unspecified atom stereocenters. The Hall–Kier alpha value is -1.92. The van der Waals surface area contributed by atoms with E-state index < -0.39 is 0 Å². The van der Waals surface area contributed by atoms with Gasteiger partial charge in [-0.3, -0.25) is 0 Å². The van der Waals surface area contributed by atoms with Crippen molar-refractivity contribution in [3.05, 3.63) is 22.2 Å². The highest BCUT2D eigenvalue weighted by Crippen LogP contribution is 2.44. The fourth-order valence-electron chi connectivity index (χ4n) is 1.87. The molecule has 2 heterocycles. The van der Waals surface area contributed by atoms with E-state index in [0.717, 1.165) is 0 Å². The van der Waals surface area contributed by atoms with E-state index in [9.17, 15) is 0 Å². The van der Waals surface area contributed by atoms with Crippen LogP contribution in [-0.2, 0) is 0 Å². The predicted molar refractivity (Wildman–Crippen MR) is 83.7 cm³/mol. The molecule has 0 aliphatic carbocycles. The Bertz CT molecular complexity index is 695. The Morgan fingerprint density at radius 3 is 1.86 bits per heavy atom. The first kappa shape index (κ1) is 16.5. The standard InChI is InChI=1S/C14H14Cl2N2O4/c1-19-9-5-7(12(16)14(18-9)22-4)11-8(15)6-10(20-2)17-13(11)21-3/h5-6H,1-4H3. The van der Waals surface area contributed by atoms with E-state index in [4.69, 9.17) is 42.1 Å². The molecule has 0 atom stereocenters. The fourth-order valence-corrected chi connectivity index (χ4v) is 2.42. The summed E-state index contributed by atoms with van der Waals surface area (Å²) in [5, 5.41) is 0.636. The zero-order valence-electron chi connectivity index (χ0n) is 12.4. The minimum Gasteiger partial charge on any atom is -0.481 e. The molecule has 0 saturated carbocycles. The number of rotatable bonds is 5. The molecule has 2 aromatic rings. The zero-order chi connectivity index (χ0) is 16.3. The van der Waals surface area contributed by atoms with E-state index in [1.807, 2.05) is 0 Å². The average Bonchev–Trinajstić information content (AvgIpc) is 2.54. The predicted octanol–water partition coefficient (Wildman–Crippen LogP) is 3.48. The molecule has 118 valence electrons. The van der Waals surface area contributed by atoms with Crippen molar-refractivity contribution in [2.45, 2.75) is 0 Å². The Morgan fingerprint density at radius 2 is 1.32 bits per heavy atom. The van der Waals surface area contributed by atoms with Crippen molar-refractivity contribution in [2.24, 2.45) is 0 Å². The summed E-state index contributed by atoms with van der Waals surface area (Å²) in [5.41, 5.74) is 1.02. The summed E-state index contributed by atoms with van der Waals surface area (Å²) in [7, 11) is 5.92. The fraction of sp³-hybridized carbons (Fsp3) is 0.286.